The molecule has 1 aromatic heterocycles. The molecule has 1 saturated carbocycles. The van der Waals surface area contributed by atoms with E-state index < -0.39 is 0 Å². The summed E-state index contributed by atoms with van der Waals surface area (Å²) in [6, 6.07) is 5.71. The second-order valence-electron chi connectivity index (χ2n) is 6.84. The molecular formula is C16H27NS. The maximum absolute atomic E-state index is 3.85. The second-order valence-corrected chi connectivity index (χ2v) is 7.87. The van der Waals surface area contributed by atoms with Gasteiger partial charge in [0.2, 0.25) is 0 Å². The summed E-state index contributed by atoms with van der Waals surface area (Å²) in [7, 11) is 0. The Labute approximate surface area is 116 Å². The van der Waals surface area contributed by atoms with Crippen LogP contribution in [0.5, 0.6) is 0 Å². The summed E-state index contributed by atoms with van der Waals surface area (Å²) >= 11 is 1.87. The molecule has 102 valence electrons. The summed E-state index contributed by atoms with van der Waals surface area (Å²) in [5.74, 6) is 0.805. The molecule has 0 saturated heterocycles. The molecule has 3 unspecified atom stereocenters. The van der Waals surface area contributed by atoms with E-state index >= 15 is 0 Å². The molecule has 1 aliphatic carbocycles. The van der Waals surface area contributed by atoms with Crippen LogP contribution in [0.1, 0.15) is 51.8 Å². The lowest BCUT2D eigenvalue weighted by Crippen LogP contribution is -2.45. The van der Waals surface area contributed by atoms with Crippen LogP contribution in [0, 0.1) is 11.3 Å². The van der Waals surface area contributed by atoms with E-state index in [2.05, 4.69) is 50.5 Å². The second kappa shape index (κ2) is 5.75. The van der Waals surface area contributed by atoms with Crippen LogP contribution < -0.4 is 5.32 Å². The standard InChI is InChI=1S/C16H27NS/c1-12-11-16(3,4)8-7-15(12)17-13(2)10-14-6-5-9-18-14/h5-6,9,12-13,15,17H,7-8,10-11H2,1-4H3. The summed E-state index contributed by atoms with van der Waals surface area (Å²) in [5, 5.41) is 6.03. The van der Waals surface area contributed by atoms with E-state index in [-0.39, 0.29) is 0 Å². The van der Waals surface area contributed by atoms with E-state index in [4.69, 9.17) is 0 Å². The Morgan fingerprint density at radius 1 is 1.50 bits per heavy atom. The number of hydrogen-bond donors (Lipinski definition) is 1. The maximum Gasteiger partial charge on any atom is 0.00957 e. The van der Waals surface area contributed by atoms with Crippen molar-refractivity contribution in [3.63, 3.8) is 0 Å². The molecule has 2 heteroatoms. The smallest absolute Gasteiger partial charge is 0.00957 e. The van der Waals surface area contributed by atoms with Gasteiger partial charge in [-0.3, -0.25) is 0 Å². The van der Waals surface area contributed by atoms with Gasteiger partial charge in [-0.2, -0.15) is 0 Å². The molecule has 2 rings (SSSR count). The molecule has 0 aliphatic heterocycles. The maximum atomic E-state index is 3.85. The Balaban J connectivity index is 1.82. The zero-order valence-corrected chi connectivity index (χ0v) is 13.0. The lowest BCUT2D eigenvalue weighted by molar-refractivity contribution is 0.142. The van der Waals surface area contributed by atoms with Gasteiger partial charge < -0.3 is 5.32 Å². The highest BCUT2D eigenvalue weighted by atomic mass is 32.1. The molecule has 1 aromatic rings. The molecule has 0 amide bonds. The molecule has 0 bridgehead atoms. The summed E-state index contributed by atoms with van der Waals surface area (Å²) in [4.78, 5) is 1.50. The van der Waals surface area contributed by atoms with Crippen LogP contribution in [0.2, 0.25) is 0 Å². The highest BCUT2D eigenvalue weighted by Gasteiger charge is 2.32. The first kappa shape index (κ1) is 14.1. The van der Waals surface area contributed by atoms with Crippen molar-refractivity contribution < 1.29 is 0 Å². The molecule has 3 atom stereocenters. The Bertz CT molecular complexity index is 355. The minimum Gasteiger partial charge on any atom is -0.311 e. The van der Waals surface area contributed by atoms with Crippen LogP contribution >= 0.6 is 11.3 Å². The quantitative estimate of drug-likeness (QED) is 0.846. The van der Waals surface area contributed by atoms with Crippen molar-refractivity contribution in [2.75, 3.05) is 0 Å². The van der Waals surface area contributed by atoms with Crippen LogP contribution in [0.15, 0.2) is 17.5 Å². The van der Waals surface area contributed by atoms with Gasteiger partial charge in [-0.25, -0.2) is 0 Å². The molecule has 1 nitrogen and oxygen atoms in total. The normalized spacial score (nSPS) is 29.1. The number of nitrogens with one attached hydrogen (secondary N) is 1. The average Bonchev–Trinajstić information content (AvgIpc) is 2.74. The van der Waals surface area contributed by atoms with Crippen LogP contribution in [-0.4, -0.2) is 12.1 Å². The third kappa shape index (κ3) is 3.83. The predicted molar refractivity (Wildman–Crippen MR) is 81.2 cm³/mol. The van der Waals surface area contributed by atoms with Gasteiger partial charge >= 0.3 is 0 Å². The molecule has 0 spiro atoms. The Kier molecular flexibility index (Phi) is 4.50. The van der Waals surface area contributed by atoms with Crippen molar-refractivity contribution in [2.45, 2.75) is 65.5 Å². The topological polar surface area (TPSA) is 12.0 Å². The third-order valence-corrected chi connectivity index (χ3v) is 5.18. The van der Waals surface area contributed by atoms with Crippen LogP contribution in [0.4, 0.5) is 0 Å². The summed E-state index contributed by atoms with van der Waals surface area (Å²) in [6.45, 7) is 9.56. The zero-order valence-electron chi connectivity index (χ0n) is 12.2. The first-order valence-electron chi connectivity index (χ1n) is 7.25. The van der Waals surface area contributed by atoms with Crippen molar-refractivity contribution in [3.05, 3.63) is 22.4 Å². The highest BCUT2D eigenvalue weighted by Crippen LogP contribution is 2.38. The molecule has 1 aliphatic rings. The van der Waals surface area contributed by atoms with Gasteiger partial charge in [-0.1, -0.05) is 26.8 Å². The minimum absolute atomic E-state index is 0.550. The molecule has 1 N–H and O–H groups in total. The average molecular weight is 265 g/mol. The van der Waals surface area contributed by atoms with Crippen molar-refractivity contribution >= 4 is 11.3 Å². The first-order valence-corrected chi connectivity index (χ1v) is 8.13. The fourth-order valence-corrected chi connectivity index (χ4v) is 4.18. The van der Waals surface area contributed by atoms with E-state index in [1.54, 1.807) is 0 Å². The zero-order chi connectivity index (χ0) is 13.2. The number of thiophene rings is 1. The summed E-state index contributed by atoms with van der Waals surface area (Å²) in [5.41, 5.74) is 0.550. The summed E-state index contributed by atoms with van der Waals surface area (Å²) < 4.78 is 0. The van der Waals surface area contributed by atoms with Crippen molar-refractivity contribution in [3.8, 4) is 0 Å². The Morgan fingerprint density at radius 3 is 2.89 bits per heavy atom. The van der Waals surface area contributed by atoms with E-state index in [1.807, 2.05) is 11.3 Å². The fourth-order valence-electron chi connectivity index (χ4n) is 3.35. The minimum atomic E-state index is 0.550. The van der Waals surface area contributed by atoms with E-state index in [1.165, 1.54) is 30.6 Å². The Hall–Kier alpha value is -0.340. The molecule has 0 radical (unpaired) electrons. The van der Waals surface area contributed by atoms with Gasteiger partial charge in [0.05, 0.1) is 0 Å². The van der Waals surface area contributed by atoms with Crippen molar-refractivity contribution in [2.24, 2.45) is 11.3 Å². The van der Waals surface area contributed by atoms with Gasteiger partial charge in [0.25, 0.3) is 0 Å². The lowest BCUT2D eigenvalue weighted by atomic mass is 9.70. The molecule has 1 heterocycles. The van der Waals surface area contributed by atoms with E-state index in [0.29, 0.717) is 17.5 Å². The highest BCUT2D eigenvalue weighted by molar-refractivity contribution is 7.09. The largest absolute Gasteiger partial charge is 0.311 e. The van der Waals surface area contributed by atoms with Gasteiger partial charge in [0, 0.05) is 17.0 Å². The van der Waals surface area contributed by atoms with Gasteiger partial charge in [0.1, 0.15) is 0 Å². The van der Waals surface area contributed by atoms with Crippen molar-refractivity contribution in [1.82, 2.24) is 5.32 Å². The monoisotopic (exact) mass is 265 g/mol. The number of hydrogen-bond acceptors (Lipinski definition) is 2. The molecular weight excluding hydrogens is 238 g/mol. The molecule has 18 heavy (non-hydrogen) atoms. The van der Waals surface area contributed by atoms with Crippen LogP contribution in [0.25, 0.3) is 0 Å². The molecule has 1 fully saturated rings. The first-order chi connectivity index (χ1) is 8.46. The lowest BCUT2D eigenvalue weighted by Gasteiger charge is -2.40. The fraction of sp³-hybridized carbons (Fsp3) is 0.750. The van der Waals surface area contributed by atoms with Gasteiger partial charge in [0.15, 0.2) is 0 Å². The van der Waals surface area contributed by atoms with E-state index in [0.717, 1.165) is 5.92 Å². The third-order valence-electron chi connectivity index (χ3n) is 4.28. The predicted octanol–water partition coefficient (Wildman–Crippen LogP) is 4.48. The Morgan fingerprint density at radius 2 is 2.28 bits per heavy atom. The summed E-state index contributed by atoms with van der Waals surface area (Å²) in [6.07, 6.45) is 5.23. The van der Waals surface area contributed by atoms with E-state index in [9.17, 15) is 0 Å². The van der Waals surface area contributed by atoms with Crippen LogP contribution in [-0.2, 0) is 6.42 Å². The van der Waals surface area contributed by atoms with Crippen molar-refractivity contribution in [1.29, 1.82) is 0 Å². The van der Waals surface area contributed by atoms with Crippen LogP contribution in [0.3, 0.4) is 0 Å². The molecule has 0 aromatic carbocycles. The van der Waals surface area contributed by atoms with Gasteiger partial charge in [-0.15, -0.1) is 11.3 Å². The number of rotatable bonds is 4. The van der Waals surface area contributed by atoms with Gasteiger partial charge in [-0.05, 0) is 55.4 Å². The SMILES string of the molecule is CC(Cc1cccs1)NC1CCC(C)(C)CC1C.